The van der Waals surface area contributed by atoms with E-state index in [4.69, 9.17) is 0 Å². The van der Waals surface area contributed by atoms with Crippen LogP contribution in [-0.2, 0) is 31.4 Å². The van der Waals surface area contributed by atoms with Crippen LogP contribution in [0.25, 0.3) is 0 Å². The third-order valence-corrected chi connectivity index (χ3v) is 2.78. The molecule has 0 aliphatic carbocycles. The van der Waals surface area contributed by atoms with Crippen molar-refractivity contribution in [2.75, 3.05) is 20.8 Å². The van der Waals surface area contributed by atoms with Crippen molar-refractivity contribution in [2.45, 2.75) is 38.9 Å². The minimum absolute atomic E-state index is 0. The van der Waals surface area contributed by atoms with Crippen molar-refractivity contribution in [1.82, 2.24) is 10.3 Å². The molecule has 1 radical (unpaired) electrons. The predicted molar refractivity (Wildman–Crippen MR) is 96.8 cm³/mol. The van der Waals surface area contributed by atoms with Crippen molar-refractivity contribution in [3.63, 3.8) is 0 Å². The Morgan fingerprint density at radius 2 is 1.86 bits per heavy atom. The smallest absolute Gasteiger partial charge is 0.422 e. The fourth-order valence-corrected chi connectivity index (χ4v) is 1.50. The number of aldehydes is 1. The molecule has 1 atom stereocenters. The molecule has 0 aliphatic heterocycles. The molecule has 1 heterocycles. The summed E-state index contributed by atoms with van der Waals surface area (Å²) in [5.41, 5.74) is -0.0131. The van der Waals surface area contributed by atoms with Crippen LogP contribution in [0.15, 0.2) is 18.3 Å². The first-order valence-electron chi connectivity index (χ1n) is 7.76. The molecule has 0 amide bonds. The zero-order chi connectivity index (χ0) is 21.5. The Bertz CT molecular complexity index is 517. The van der Waals surface area contributed by atoms with Gasteiger partial charge in [0.25, 0.3) is 0 Å². The van der Waals surface area contributed by atoms with Crippen LogP contribution in [0.5, 0.6) is 5.88 Å². The maximum absolute atomic E-state index is 11.8. The SMILES string of the molecule is CF.CNCc1ccnc(OCC(F)(F)F)c1.[CH2-]C(C)(C=O)CCC(F)F.[CH3-].[Ir]. The standard InChI is InChI=1S/C9H11F3N2O.C7H11F2O.CH3F.CH3.Ir/c1-13-5-7-2-3-14-8(4-7)15-6-9(10,11)12;1-7(2,5-10)4-3-6(8)9;1-2;;/h2-4,13H,5-6H2,1H3;5-6H,1,3-4H2,2H3;1H3;1H3;/q;-1;;-1;. The molecule has 4 nitrogen and oxygen atoms in total. The molecule has 0 fully saturated rings. The monoisotopic (exact) mass is 611 g/mol. The maximum Gasteiger partial charge on any atom is 0.422 e. The summed E-state index contributed by atoms with van der Waals surface area (Å²) < 4.78 is 72.6. The van der Waals surface area contributed by atoms with Gasteiger partial charge in [-0.15, -0.1) is 5.41 Å². The third-order valence-electron chi connectivity index (χ3n) is 2.78. The number of pyridine rings is 1. The Morgan fingerprint density at radius 3 is 2.28 bits per heavy atom. The number of alkyl halides is 6. The fraction of sp³-hybridized carbons (Fsp3) is 0.556. The molecule has 1 rings (SSSR count). The summed E-state index contributed by atoms with van der Waals surface area (Å²) in [5, 5.41) is 2.88. The molecule has 11 heteroatoms. The Kier molecular flexibility index (Phi) is 22.9. The zero-order valence-electron chi connectivity index (χ0n) is 16.8. The van der Waals surface area contributed by atoms with Gasteiger partial charge in [-0.2, -0.15) is 13.2 Å². The average Bonchev–Trinajstić information content (AvgIpc) is 2.61. The van der Waals surface area contributed by atoms with E-state index in [1.54, 1.807) is 20.0 Å². The van der Waals surface area contributed by atoms with Crippen LogP contribution >= 0.6 is 0 Å². The van der Waals surface area contributed by atoms with Gasteiger partial charge in [0, 0.05) is 45.3 Å². The Labute approximate surface area is 182 Å². The van der Waals surface area contributed by atoms with Crippen LogP contribution in [0.2, 0.25) is 0 Å². The van der Waals surface area contributed by atoms with Crippen molar-refractivity contribution >= 4 is 6.29 Å². The van der Waals surface area contributed by atoms with E-state index in [0.717, 1.165) is 5.56 Å². The number of carbonyl (C=O) groups excluding carboxylic acids is 1. The molecule has 0 saturated heterocycles. The number of aromatic nitrogens is 1. The second kappa shape index (κ2) is 18.8. The molecule has 1 unspecified atom stereocenters. The van der Waals surface area contributed by atoms with E-state index in [0.29, 0.717) is 20.0 Å². The first kappa shape index (κ1) is 35.3. The normalized spacial score (nSPS) is 12.0. The number of rotatable bonds is 8. The number of hydrogen-bond acceptors (Lipinski definition) is 4. The van der Waals surface area contributed by atoms with Gasteiger partial charge >= 0.3 is 6.18 Å². The van der Waals surface area contributed by atoms with E-state index in [9.17, 15) is 31.1 Å². The van der Waals surface area contributed by atoms with Crippen LogP contribution in [0, 0.1) is 19.8 Å². The summed E-state index contributed by atoms with van der Waals surface area (Å²) in [6, 6.07) is 3.18. The van der Waals surface area contributed by atoms with E-state index in [-0.39, 0.29) is 46.3 Å². The molecule has 0 spiro atoms. The van der Waals surface area contributed by atoms with E-state index < -0.39 is 24.6 Å². The largest absolute Gasteiger partial charge is 0.468 e. The molecular weight excluding hydrogens is 582 g/mol. The summed E-state index contributed by atoms with van der Waals surface area (Å²) >= 11 is 0. The molecule has 0 aromatic carbocycles. The van der Waals surface area contributed by atoms with Gasteiger partial charge in [-0.05, 0) is 18.7 Å². The van der Waals surface area contributed by atoms with Gasteiger partial charge in [-0.25, -0.2) is 13.8 Å². The maximum atomic E-state index is 11.8. The van der Waals surface area contributed by atoms with Crippen molar-refractivity contribution in [2.24, 2.45) is 5.41 Å². The summed E-state index contributed by atoms with van der Waals surface area (Å²) in [4.78, 5) is 13.8. The van der Waals surface area contributed by atoms with Gasteiger partial charge in [0.2, 0.25) is 12.3 Å². The van der Waals surface area contributed by atoms with Crippen LogP contribution in [0.3, 0.4) is 0 Å². The van der Waals surface area contributed by atoms with Gasteiger partial charge in [-0.3, -0.25) is 4.39 Å². The van der Waals surface area contributed by atoms with E-state index in [1.165, 1.54) is 12.3 Å². The van der Waals surface area contributed by atoms with Crippen molar-refractivity contribution in [3.05, 3.63) is 38.2 Å². The first-order valence-corrected chi connectivity index (χ1v) is 7.76. The van der Waals surface area contributed by atoms with Crippen LogP contribution in [0.1, 0.15) is 25.3 Å². The van der Waals surface area contributed by atoms with Crippen molar-refractivity contribution in [1.29, 1.82) is 0 Å². The van der Waals surface area contributed by atoms with Crippen LogP contribution in [-0.4, -0.2) is 44.7 Å². The van der Waals surface area contributed by atoms with E-state index >= 15 is 0 Å². The molecule has 0 aliphatic rings. The average molecular weight is 611 g/mol. The van der Waals surface area contributed by atoms with Gasteiger partial charge < -0.3 is 29.2 Å². The molecular formula is C18H28F6IrN2O2-2. The second-order valence-corrected chi connectivity index (χ2v) is 5.64. The summed E-state index contributed by atoms with van der Waals surface area (Å²) in [7, 11) is 2.25. The second-order valence-electron chi connectivity index (χ2n) is 5.64. The Balaban J connectivity index is -0.000000198. The molecule has 1 aromatic heterocycles. The summed E-state index contributed by atoms with van der Waals surface area (Å²) in [6.07, 6.45) is -4.75. The van der Waals surface area contributed by atoms with Gasteiger partial charge in [-0.1, -0.05) is 13.3 Å². The zero-order valence-corrected chi connectivity index (χ0v) is 19.2. The molecule has 1 aromatic rings. The van der Waals surface area contributed by atoms with Crippen molar-refractivity contribution < 1.29 is 56.0 Å². The number of ether oxygens (including phenoxy) is 1. The quantitative estimate of drug-likeness (QED) is 0.260. The first-order chi connectivity index (χ1) is 12.5. The van der Waals surface area contributed by atoms with E-state index in [2.05, 4.69) is 22.0 Å². The topological polar surface area (TPSA) is 51.2 Å². The third kappa shape index (κ3) is 23.0. The summed E-state index contributed by atoms with van der Waals surface area (Å²) in [5.74, 6) is -0.0138. The molecule has 29 heavy (non-hydrogen) atoms. The Hall–Kier alpha value is -1.19. The number of carbonyl (C=O) groups is 1. The van der Waals surface area contributed by atoms with Gasteiger partial charge in [0.05, 0.1) is 13.5 Å². The molecule has 1 N–H and O–H groups in total. The van der Waals surface area contributed by atoms with Crippen LogP contribution in [0.4, 0.5) is 26.3 Å². The number of nitrogens with one attached hydrogen (secondary N) is 1. The number of nitrogens with zero attached hydrogens (tertiary/aromatic N) is 1. The number of halogens is 6. The fourth-order valence-electron chi connectivity index (χ4n) is 1.50. The number of hydrogen-bond donors (Lipinski definition) is 1. The molecule has 0 bridgehead atoms. The Morgan fingerprint density at radius 1 is 1.31 bits per heavy atom. The van der Waals surface area contributed by atoms with Gasteiger partial charge in [0.1, 0.15) is 0 Å². The minimum atomic E-state index is -4.33. The summed E-state index contributed by atoms with van der Waals surface area (Å²) in [6.45, 7) is 4.25. The minimum Gasteiger partial charge on any atom is -0.468 e. The predicted octanol–water partition coefficient (Wildman–Crippen LogP) is 4.85. The molecule has 0 saturated carbocycles. The van der Waals surface area contributed by atoms with Crippen molar-refractivity contribution in [3.8, 4) is 5.88 Å². The van der Waals surface area contributed by atoms with Gasteiger partial charge in [0.15, 0.2) is 6.61 Å². The van der Waals surface area contributed by atoms with Crippen LogP contribution < -0.4 is 10.1 Å². The van der Waals surface area contributed by atoms with E-state index in [1.807, 2.05) is 0 Å². The molecule has 175 valence electrons.